The molecule has 1 unspecified atom stereocenters. The molecule has 0 aromatic rings. The van der Waals surface area contributed by atoms with Crippen LogP contribution >= 0.6 is 0 Å². The minimum atomic E-state index is -0.132. The lowest BCUT2D eigenvalue weighted by molar-refractivity contribution is -0.162. The van der Waals surface area contributed by atoms with Crippen molar-refractivity contribution in [1.29, 1.82) is 0 Å². The van der Waals surface area contributed by atoms with Crippen LogP contribution in [0.25, 0.3) is 0 Å². The summed E-state index contributed by atoms with van der Waals surface area (Å²) in [7, 11) is 1.73. The zero-order chi connectivity index (χ0) is 23.3. The van der Waals surface area contributed by atoms with Gasteiger partial charge in [-0.15, -0.1) is 0 Å². The van der Waals surface area contributed by atoms with E-state index in [-0.39, 0.29) is 17.4 Å². The summed E-state index contributed by atoms with van der Waals surface area (Å²) in [6, 6.07) is 0. The second-order valence-electron chi connectivity index (χ2n) is 13.4. The Labute approximate surface area is 199 Å². The fraction of sp³-hybridized carbons (Fsp3) is 0.967. The highest BCUT2D eigenvalue weighted by molar-refractivity contribution is 5.87. The Morgan fingerprint density at radius 3 is 2.25 bits per heavy atom. The summed E-state index contributed by atoms with van der Waals surface area (Å²) in [6.45, 7) is 15.0. The number of carbonyl (C=O) groups excluding carboxylic acids is 1. The maximum atomic E-state index is 13.2. The van der Waals surface area contributed by atoms with Crippen LogP contribution in [-0.4, -0.2) is 19.0 Å². The molecule has 0 bridgehead atoms. The first-order valence-electron chi connectivity index (χ1n) is 14.2. The monoisotopic (exact) mass is 444 g/mol. The number of fused-ring (bicyclic) bond motifs is 5. The van der Waals surface area contributed by atoms with Crippen LogP contribution < -0.4 is 0 Å². The average molecular weight is 445 g/mol. The Hall–Kier alpha value is -0.370. The van der Waals surface area contributed by atoms with E-state index in [1.165, 1.54) is 57.8 Å². The summed E-state index contributed by atoms with van der Waals surface area (Å²) in [5, 5.41) is 0. The Balaban J connectivity index is 1.47. The van der Waals surface area contributed by atoms with Gasteiger partial charge >= 0.3 is 0 Å². The van der Waals surface area contributed by atoms with Gasteiger partial charge in [-0.05, 0) is 110 Å². The molecule has 10 atom stereocenters. The van der Waals surface area contributed by atoms with Crippen LogP contribution in [0.5, 0.6) is 0 Å². The fourth-order valence-electron chi connectivity index (χ4n) is 9.99. The predicted octanol–water partition coefficient (Wildman–Crippen LogP) is 7.94. The third-order valence-electron chi connectivity index (χ3n) is 12.0. The zero-order valence-corrected chi connectivity index (χ0v) is 22.3. The molecule has 0 aromatic carbocycles. The minimum Gasteiger partial charge on any atom is -0.374 e. The molecule has 0 aromatic heterocycles. The molecule has 2 nitrogen and oxygen atoms in total. The molecule has 0 N–H and O–H groups in total. The Kier molecular flexibility index (Phi) is 7.23. The molecule has 4 rings (SSSR count). The largest absolute Gasteiger partial charge is 0.374 e. The van der Waals surface area contributed by atoms with Crippen molar-refractivity contribution in [2.45, 2.75) is 118 Å². The molecule has 0 heterocycles. The quantitative estimate of drug-likeness (QED) is 0.398. The van der Waals surface area contributed by atoms with Crippen molar-refractivity contribution in [3.05, 3.63) is 0 Å². The molecule has 4 saturated carbocycles. The Bertz CT molecular complexity index is 670. The second-order valence-corrected chi connectivity index (χ2v) is 13.4. The van der Waals surface area contributed by atoms with Crippen molar-refractivity contribution in [3.63, 3.8) is 0 Å². The SMILES string of the molecule is CC[C@@H](CC[C@@H](C)[C@H]1CC[C@H]2[C@@H]3CCC4C(=O)[C@@H](OC)CC[C@]4(C)[C@H]3CC[C@]12C)C(C)C. The number of ketones is 1. The van der Waals surface area contributed by atoms with Crippen LogP contribution in [0.15, 0.2) is 0 Å². The van der Waals surface area contributed by atoms with E-state index >= 15 is 0 Å². The van der Waals surface area contributed by atoms with E-state index in [1.54, 1.807) is 7.11 Å². The van der Waals surface area contributed by atoms with Gasteiger partial charge in [-0.3, -0.25) is 4.79 Å². The summed E-state index contributed by atoms with van der Waals surface area (Å²) < 4.78 is 5.57. The van der Waals surface area contributed by atoms with Crippen LogP contribution in [0, 0.1) is 58.2 Å². The topological polar surface area (TPSA) is 26.3 Å². The van der Waals surface area contributed by atoms with Gasteiger partial charge in [0.2, 0.25) is 0 Å². The molecule has 4 aliphatic carbocycles. The molecule has 184 valence electrons. The minimum absolute atomic E-state index is 0.132. The number of rotatable bonds is 7. The van der Waals surface area contributed by atoms with Crippen molar-refractivity contribution < 1.29 is 9.53 Å². The third kappa shape index (κ3) is 3.93. The van der Waals surface area contributed by atoms with Crippen molar-refractivity contribution in [2.75, 3.05) is 7.11 Å². The normalized spacial score (nSPS) is 45.8. The summed E-state index contributed by atoms with van der Waals surface area (Å²) in [4.78, 5) is 13.2. The Morgan fingerprint density at radius 2 is 1.59 bits per heavy atom. The summed E-state index contributed by atoms with van der Waals surface area (Å²) in [5.41, 5.74) is 0.767. The van der Waals surface area contributed by atoms with Gasteiger partial charge in [-0.1, -0.05) is 54.4 Å². The van der Waals surface area contributed by atoms with Crippen LogP contribution in [0.2, 0.25) is 0 Å². The van der Waals surface area contributed by atoms with Gasteiger partial charge in [0.1, 0.15) is 6.10 Å². The van der Waals surface area contributed by atoms with Gasteiger partial charge in [-0.25, -0.2) is 0 Å². The number of ether oxygens (including phenoxy) is 1. The van der Waals surface area contributed by atoms with E-state index in [4.69, 9.17) is 4.74 Å². The lowest BCUT2D eigenvalue weighted by Crippen LogP contribution is -2.57. The van der Waals surface area contributed by atoms with Crippen LogP contribution in [-0.2, 0) is 9.53 Å². The van der Waals surface area contributed by atoms with E-state index in [9.17, 15) is 4.79 Å². The van der Waals surface area contributed by atoms with Gasteiger partial charge in [0, 0.05) is 13.0 Å². The molecule has 4 aliphatic rings. The van der Waals surface area contributed by atoms with Crippen molar-refractivity contribution in [1.82, 2.24) is 0 Å². The van der Waals surface area contributed by atoms with Gasteiger partial charge < -0.3 is 4.74 Å². The third-order valence-corrected chi connectivity index (χ3v) is 12.0. The van der Waals surface area contributed by atoms with Crippen molar-refractivity contribution >= 4 is 5.78 Å². The van der Waals surface area contributed by atoms with Crippen molar-refractivity contribution in [3.8, 4) is 0 Å². The smallest absolute Gasteiger partial charge is 0.165 e. The van der Waals surface area contributed by atoms with Crippen LogP contribution in [0.4, 0.5) is 0 Å². The zero-order valence-electron chi connectivity index (χ0n) is 22.3. The number of hydrogen-bond acceptors (Lipinski definition) is 2. The molecule has 32 heavy (non-hydrogen) atoms. The van der Waals surface area contributed by atoms with Crippen LogP contribution in [0.1, 0.15) is 112 Å². The maximum Gasteiger partial charge on any atom is 0.165 e. The first-order chi connectivity index (χ1) is 15.2. The lowest BCUT2D eigenvalue weighted by atomic mass is 9.44. The summed E-state index contributed by atoms with van der Waals surface area (Å²) in [5.74, 6) is 6.70. The molecule has 0 aliphatic heterocycles. The van der Waals surface area contributed by atoms with E-state index in [1.807, 2.05) is 0 Å². The van der Waals surface area contributed by atoms with Gasteiger partial charge in [0.25, 0.3) is 0 Å². The molecular weight excluding hydrogens is 392 g/mol. The number of methoxy groups -OCH3 is 1. The van der Waals surface area contributed by atoms with Crippen molar-refractivity contribution in [2.24, 2.45) is 58.2 Å². The number of carbonyl (C=O) groups is 1. The van der Waals surface area contributed by atoms with Gasteiger partial charge in [-0.2, -0.15) is 0 Å². The summed E-state index contributed by atoms with van der Waals surface area (Å²) in [6.07, 6.45) is 14.3. The lowest BCUT2D eigenvalue weighted by Gasteiger charge is -2.60. The number of hydrogen-bond donors (Lipinski definition) is 0. The van der Waals surface area contributed by atoms with Crippen LogP contribution in [0.3, 0.4) is 0 Å². The van der Waals surface area contributed by atoms with E-state index in [0.29, 0.717) is 11.2 Å². The molecule has 0 saturated heterocycles. The highest BCUT2D eigenvalue weighted by Gasteiger charge is 2.62. The van der Waals surface area contributed by atoms with E-state index in [2.05, 4.69) is 41.5 Å². The molecule has 0 amide bonds. The number of Topliss-reactive ketones (excluding diaryl/α,β-unsaturated/α-hetero) is 1. The van der Waals surface area contributed by atoms with Gasteiger partial charge in [0.05, 0.1) is 0 Å². The highest BCUT2D eigenvalue weighted by atomic mass is 16.5. The molecule has 2 heteroatoms. The van der Waals surface area contributed by atoms with E-state index < -0.39 is 0 Å². The maximum absolute atomic E-state index is 13.2. The van der Waals surface area contributed by atoms with Gasteiger partial charge in [0.15, 0.2) is 5.78 Å². The molecule has 4 fully saturated rings. The summed E-state index contributed by atoms with van der Waals surface area (Å²) >= 11 is 0. The average Bonchev–Trinajstić information content (AvgIpc) is 3.11. The van der Waals surface area contributed by atoms with E-state index in [0.717, 1.165) is 54.3 Å². The first kappa shape index (κ1) is 24.7. The first-order valence-corrected chi connectivity index (χ1v) is 14.2. The molecule has 0 spiro atoms. The molecule has 0 radical (unpaired) electrons. The second kappa shape index (κ2) is 9.35. The molecular formula is C30H52O2. The predicted molar refractivity (Wildman–Crippen MR) is 133 cm³/mol. The fourth-order valence-corrected chi connectivity index (χ4v) is 9.99. The standard InChI is InChI=1S/C30H52O2/c1-8-21(19(2)3)10-9-20(4)23-13-14-24-22-11-12-26-28(31)27(32-7)16-18-30(26,6)25(22)15-17-29(23,24)5/h19-27H,8-18H2,1-7H3/t20-,21+,22+,23-,24+,25+,26?,27+,29-,30-/m1/s1. The Morgan fingerprint density at radius 1 is 0.906 bits per heavy atom. The highest BCUT2D eigenvalue weighted by Crippen LogP contribution is 2.68.